The predicted octanol–water partition coefficient (Wildman–Crippen LogP) is -8.81. The van der Waals surface area contributed by atoms with E-state index in [9.17, 15) is 29.4 Å². The van der Waals surface area contributed by atoms with E-state index in [0.29, 0.717) is 0 Å². The number of carbonyl (C=O) groups excluding carboxylic acids is 4. The number of hydrogen-bond donors (Lipinski definition) is 0. The van der Waals surface area contributed by atoms with Crippen molar-refractivity contribution in [2.75, 3.05) is 0 Å². The summed E-state index contributed by atoms with van der Waals surface area (Å²) in [5.41, 5.74) is -3.59. The van der Waals surface area contributed by atoms with Gasteiger partial charge in [-0.15, -0.1) is 0 Å². The second-order valence-electron chi connectivity index (χ2n) is 4.44. The van der Waals surface area contributed by atoms with Crippen molar-refractivity contribution in [3.8, 4) is 0 Å². The summed E-state index contributed by atoms with van der Waals surface area (Å²) in [6, 6.07) is 0. The van der Waals surface area contributed by atoms with E-state index >= 15 is 0 Å². The van der Waals surface area contributed by atoms with Gasteiger partial charge in [-0.05, 0) is 12.8 Å². The van der Waals surface area contributed by atoms with Crippen LogP contribution in [0, 0.1) is 10.8 Å². The summed E-state index contributed by atoms with van der Waals surface area (Å²) in [5, 5.41) is 21.8. The van der Waals surface area contributed by atoms with Crippen molar-refractivity contribution in [3.05, 3.63) is 0 Å². The average molecular weight is 302 g/mol. The van der Waals surface area contributed by atoms with Crippen molar-refractivity contribution in [2.45, 2.75) is 25.7 Å². The van der Waals surface area contributed by atoms with Crippen LogP contribution in [0.2, 0.25) is 0 Å². The number of fused-ring (bicyclic) bond motifs is 3. The maximum Gasteiger partial charge on any atom is 1.00 e. The van der Waals surface area contributed by atoms with Crippen LogP contribution in [-0.4, -0.2) is 23.5 Å². The normalized spacial score (nSPS) is 33.3. The van der Waals surface area contributed by atoms with Crippen molar-refractivity contribution in [3.63, 3.8) is 0 Å². The van der Waals surface area contributed by atoms with Crippen molar-refractivity contribution < 1.29 is 132 Å². The third kappa shape index (κ3) is 2.66. The number of carboxylic acids is 2. The van der Waals surface area contributed by atoms with Crippen LogP contribution in [0.3, 0.4) is 0 Å². The summed E-state index contributed by atoms with van der Waals surface area (Å²) in [6.07, 6.45) is -1.48. The first-order valence-corrected chi connectivity index (χ1v) is 4.85. The fraction of sp³-hybridized carbons (Fsp3) is 0.600. The molecule has 8 heteroatoms. The number of rotatable bonds is 2. The van der Waals surface area contributed by atoms with Crippen LogP contribution in [0.1, 0.15) is 25.7 Å². The Morgan fingerprint density at radius 2 is 1.11 bits per heavy atom. The molecule has 0 radical (unpaired) electrons. The fourth-order valence-electron chi connectivity index (χ4n) is 2.54. The molecule has 3 aliphatic rings. The maximum absolute atomic E-state index is 11.6. The Bertz CT molecular complexity index is 394. The Kier molecular flexibility index (Phi) is 7.11. The minimum Gasteiger partial charge on any atom is -0.549 e. The summed E-state index contributed by atoms with van der Waals surface area (Å²) in [6.45, 7) is 0. The van der Waals surface area contributed by atoms with E-state index in [-0.39, 0.29) is 116 Å². The van der Waals surface area contributed by atoms with Gasteiger partial charge in [0, 0.05) is 12.8 Å². The van der Waals surface area contributed by atoms with E-state index in [1.807, 2.05) is 0 Å². The fourth-order valence-corrected chi connectivity index (χ4v) is 2.54. The quantitative estimate of drug-likeness (QED) is 0.369. The van der Waals surface area contributed by atoms with Gasteiger partial charge in [-0.1, -0.05) is 0 Å². The maximum atomic E-state index is 11.6. The molecule has 0 saturated heterocycles. The number of hydrogen-bond acceptors (Lipinski definition) is 6. The molecule has 2 bridgehead atoms. The zero-order chi connectivity index (χ0) is 12.1. The summed E-state index contributed by atoms with van der Waals surface area (Å²) >= 11 is 0. The number of carbonyl (C=O) groups is 4. The van der Waals surface area contributed by atoms with Crippen molar-refractivity contribution in [2.24, 2.45) is 10.8 Å². The molecule has 0 spiro atoms. The minimum absolute atomic E-state index is 0. The van der Waals surface area contributed by atoms with Gasteiger partial charge in [0.05, 0.1) is 22.8 Å². The molecule has 0 aromatic carbocycles. The second kappa shape index (κ2) is 6.54. The number of Topliss-reactive ketones (excluding diaryl/α,β-unsaturated/α-hetero) is 2. The number of carboxylic acid groups (broad SMARTS) is 2. The zero-order valence-electron chi connectivity index (χ0n) is 10.3. The molecule has 3 aliphatic carbocycles. The molecule has 0 aromatic heterocycles. The molecule has 0 amide bonds. The summed E-state index contributed by atoms with van der Waals surface area (Å²) < 4.78 is 0. The molecule has 3 rings (SSSR count). The number of ketones is 2. The minimum atomic E-state index is -1.80. The summed E-state index contributed by atoms with van der Waals surface area (Å²) in [5.74, 6) is -4.64. The van der Waals surface area contributed by atoms with Crippen LogP contribution < -0.4 is 113 Å². The molecule has 0 aliphatic heterocycles. The van der Waals surface area contributed by atoms with Crippen molar-refractivity contribution >= 4 is 23.5 Å². The third-order valence-electron chi connectivity index (χ3n) is 3.75. The topological polar surface area (TPSA) is 114 Å². The van der Waals surface area contributed by atoms with Gasteiger partial charge in [-0.2, -0.15) is 0 Å². The molecule has 3 fully saturated rings. The molecular formula is C10H8K2O6. The van der Waals surface area contributed by atoms with Crippen molar-refractivity contribution in [1.82, 2.24) is 0 Å². The smallest absolute Gasteiger partial charge is 0.549 e. The van der Waals surface area contributed by atoms with Gasteiger partial charge in [-0.3, -0.25) is 9.59 Å². The molecule has 0 heterocycles. The average Bonchev–Trinajstić information content (AvgIpc) is 2.19. The van der Waals surface area contributed by atoms with Gasteiger partial charge >= 0.3 is 103 Å². The summed E-state index contributed by atoms with van der Waals surface area (Å²) in [7, 11) is 0. The Morgan fingerprint density at radius 1 is 0.833 bits per heavy atom. The monoisotopic (exact) mass is 302 g/mol. The molecule has 2 unspecified atom stereocenters. The Labute approximate surface area is 188 Å². The molecule has 2 atom stereocenters. The first-order valence-electron chi connectivity index (χ1n) is 4.85. The summed E-state index contributed by atoms with van der Waals surface area (Å²) in [4.78, 5) is 45.1. The van der Waals surface area contributed by atoms with Crippen LogP contribution in [0.25, 0.3) is 0 Å². The number of aliphatic carboxylic acids is 2. The molecule has 0 N–H and O–H groups in total. The van der Waals surface area contributed by atoms with Crippen LogP contribution in [0.4, 0.5) is 0 Å². The third-order valence-corrected chi connectivity index (χ3v) is 3.75. The SMILES string of the molecule is O=C([O-])C12CCC(C(=O)[O-])(CC1=O)C(=O)C2.[K+].[K+]. The Morgan fingerprint density at radius 3 is 1.28 bits per heavy atom. The van der Waals surface area contributed by atoms with E-state index in [0.717, 1.165) is 0 Å². The second-order valence-corrected chi connectivity index (χ2v) is 4.44. The van der Waals surface area contributed by atoms with E-state index in [1.165, 1.54) is 0 Å². The standard InChI is InChI=1S/C10H10O6.2K/c11-5-4-10(8(15)16)2-1-9(5,7(13)14)3-6(10)12;;/h1-4H2,(H,13,14)(H,15,16);;/q;2*+1/p-2. The van der Waals surface area contributed by atoms with E-state index < -0.39 is 47.2 Å². The molecule has 6 nitrogen and oxygen atoms in total. The zero-order valence-corrected chi connectivity index (χ0v) is 16.5. The molecule has 86 valence electrons. The first kappa shape index (κ1) is 19.6. The van der Waals surface area contributed by atoms with Gasteiger partial charge in [-0.25, -0.2) is 0 Å². The van der Waals surface area contributed by atoms with Crippen LogP contribution in [-0.2, 0) is 19.2 Å². The van der Waals surface area contributed by atoms with Crippen molar-refractivity contribution in [1.29, 1.82) is 0 Å². The molecule has 3 saturated carbocycles. The Balaban J connectivity index is 0.00000144. The molecule has 0 aromatic rings. The van der Waals surface area contributed by atoms with Gasteiger partial charge in [0.2, 0.25) is 0 Å². The largest absolute Gasteiger partial charge is 1.00 e. The van der Waals surface area contributed by atoms with Crippen LogP contribution in [0.15, 0.2) is 0 Å². The van der Waals surface area contributed by atoms with Gasteiger partial charge < -0.3 is 19.8 Å². The molecule has 18 heavy (non-hydrogen) atoms. The predicted molar refractivity (Wildman–Crippen MR) is 43.4 cm³/mol. The van der Waals surface area contributed by atoms with Gasteiger partial charge in [0.25, 0.3) is 0 Å². The van der Waals surface area contributed by atoms with E-state index in [4.69, 9.17) is 0 Å². The van der Waals surface area contributed by atoms with E-state index in [2.05, 4.69) is 0 Å². The van der Waals surface area contributed by atoms with Crippen LogP contribution in [0.5, 0.6) is 0 Å². The molecular weight excluding hydrogens is 294 g/mol. The van der Waals surface area contributed by atoms with Crippen LogP contribution >= 0.6 is 0 Å². The van der Waals surface area contributed by atoms with E-state index in [1.54, 1.807) is 0 Å². The van der Waals surface area contributed by atoms with Gasteiger partial charge in [0.15, 0.2) is 0 Å². The Hall–Kier alpha value is 1.55. The van der Waals surface area contributed by atoms with Gasteiger partial charge in [0.1, 0.15) is 11.6 Å². The first-order chi connectivity index (χ1) is 7.35.